The fourth-order valence-electron chi connectivity index (χ4n) is 3.03. The number of hydrogen-bond donors (Lipinski definition) is 0. The van der Waals surface area contributed by atoms with Crippen LogP contribution in [0.4, 0.5) is 10.1 Å². The van der Waals surface area contributed by atoms with Crippen molar-refractivity contribution in [3.8, 4) is 0 Å². The second kappa shape index (κ2) is 7.23. The number of nitrogens with zero attached hydrogens (tertiary/aromatic N) is 2. The number of para-hydroxylation sites is 1. The van der Waals surface area contributed by atoms with Gasteiger partial charge in [-0.05, 0) is 29.8 Å². The van der Waals surface area contributed by atoms with Crippen LogP contribution in [-0.2, 0) is 16.1 Å². The van der Waals surface area contributed by atoms with Gasteiger partial charge in [0.05, 0.1) is 16.6 Å². The molecule has 2 aromatic carbocycles. The van der Waals surface area contributed by atoms with Crippen LogP contribution in [0.3, 0.4) is 0 Å². The first-order valence-electron chi connectivity index (χ1n) is 8.00. The molecule has 0 aromatic heterocycles. The first kappa shape index (κ1) is 17.4. The summed E-state index contributed by atoms with van der Waals surface area (Å²) < 4.78 is 13.0. The lowest BCUT2D eigenvalue weighted by Gasteiger charge is -2.22. The van der Waals surface area contributed by atoms with Crippen LogP contribution >= 0.6 is 11.6 Å². The molecule has 1 heterocycles. The van der Waals surface area contributed by atoms with E-state index < -0.39 is 5.92 Å². The van der Waals surface area contributed by atoms with Gasteiger partial charge in [-0.1, -0.05) is 35.9 Å². The fourth-order valence-corrected chi connectivity index (χ4v) is 3.27. The molecule has 1 unspecified atom stereocenters. The van der Waals surface area contributed by atoms with Crippen LogP contribution in [0.2, 0.25) is 5.02 Å². The summed E-state index contributed by atoms with van der Waals surface area (Å²) in [6.45, 7) is 0.686. The smallest absolute Gasteiger partial charge is 0.228 e. The third-order valence-corrected chi connectivity index (χ3v) is 4.65. The Balaban J connectivity index is 1.68. The van der Waals surface area contributed by atoms with Crippen molar-refractivity contribution in [3.63, 3.8) is 0 Å². The van der Waals surface area contributed by atoms with Gasteiger partial charge in [0, 0.05) is 26.6 Å². The van der Waals surface area contributed by atoms with Crippen molar-refractivity contribution in [2.24, 2.45) is 5.92 Å². The maximum Gasteiger partial charge on any atom is 0.228 e. The highest BCUT2D eigenvalue weighted by Gasteiger charge is 2.37. The summed E-state index contributed by atoms with van der Waals surface area (Å²) in [5, 5.41) is 0.489. The Hall–Kier alpha value is -2.40. The first-order chi connectivity index (χ1) is 12.0. The van der Waals surface area contributed by atoms with E-state index in [1.165, 1.54) is 12.1 Å². The van der Waals surface area contributed by atoms with Gasteiger partial charge in [-0.2, -0.15) is 0 Å². The normalized spacial score (nSPS) is 17.0. The molecule has 1 fully saturated rings. The molecule has 2 aromatic rings. The van der Waals surface area contributed by atoms with Crippen molar-refractivity contribution in [3.05, 3.63) is 64.9 Å². The lowest BCUT2D eigenvalue weighted by molar-refractivity contribution is -0.135. The molecule has 0 bridgehead atoms. The van der Waals surface area contributed by atoms with E-state index in [-0.39, 0.29) is 24.1 Å². The van der Waals surface area contributed by atoms with Gasteiger partial charge in [0.1, 0.15) is 5.82 Å². The minimum atomic E-state index is -0.408. The molecule has 2 amide bonds. The van der Waals surface area contributed by atoms with Gasteiger partial charge in [-0.25, -0.2) is 4.39 Å². The Bertz CT molecular complexity index is 794. The van der Waals surface area contributed by atoms with Crippen LogP contribution in [0, 0.1) is 11.7 Å². The summed E-state index contributed by atoms with van der Waals surface area (Å²) in [6, 6.07) is 13.1. The van der Waals surface area contributed by atoms with Crippen LogP contribution in [0.5, 0.6) is 0 Å². The van der Waals surface area contributed by atoms with E-state index >= 15 is 0 Å². The molecule has 1 atom stereocenters. The predicted molar refractivity (Wildman–Crippen MR) is 94.8 cm³/mol. The van der Waals surface area contributed by atoms with Crippen molar-refractivity contribution < 1.29 is 14.0 Å². The van der Waals surface area contributed by atoms with Crippen molar-refractivity contribution in [1.82, 2.24) is 4.90 Å². The number of anilines is 1. The Morgan fingerprint density at radius 2 is 1.92 bits per heavy atom. The first-order valence-corrected chi connectivity index (χ1v) is 8.38. The Labute approximate surface area is 150 Å². The van der Waals surface area contributed by atoms with Gasteiger partial charge >= 0.3 is 0 Å². The van der Waals surface area contributed by atoms with Crippen molar-refractivity contribution >= 4 is 29.1 Å². The van der Waals surface area contributed by atoms with E-state index in [2.05, 4.69) is 0 Å². The lowest BCUT2D eigenvalue weighted by Crippen LogP contribution is -2.34. The van der Waals surface area contributed by atoms with Gasteiger partial charge < -0.3 is 9.80 Å². The molecule has 0 N–H and O–H groups in total. The quantitative estimate of drug-likeness (QED) is 0.837. The van der Waals surface area contributed by atoms with Gasteiger partial charge in [0.25, 0.3) is 0 Å². The molecule has 1 saturated heterocycles. The van der Waals surface area contributed by atoms with Gasteiger partial charge in [0.15, 0.2) is 0 Å². The third-order valence-electron chi connectivity index (χ3n) is 4.33. The number of halogens is 2. The monoisotopic (exact) mass is 360 g/mol. The van der Waals surface area contributed by atoms with E-state index in [4.69, 9.17) is 11.6 Å². The molecule has 0 spiro atoms. The molecule has 0 radical (unpaired) electrons. The van der Waals surface area contributed by atoms with Crippen LogP contribution in [-0.4, -0.2) is 30.3 Å². The van der Waals surface area contributed by atoms with E-state index in [0.29, 0.717) is 23.8 Å². The third kappa shape index (κ3) is 3.82. The summed E-state index contributed by atoms with van der Waals surface area (Å²) in [5.41, 5.74) is 1.47. The molecule has 6 heteroatoms. The van der Waals surface area contributed by atoms with Crippen LogP contribution in [0.1, 0.15) is 12.0 Å². The zero-order valence-corrected chi connectivity index (χ0v) is 14.5. The number of carbonyl (C=O) groups is 2. The highest BCUT2D eigenvalue weighted by molar-refractivity contribution is 6.33. The number of rotatable bonds is 4. The number of hydrogen-bond acceptors (Lipinski definition) is 2. The zero-order valence-electron chi connectivity index (χ0n) is 13.8. The van der Waals surface area contributed by atoms with Crippen LogP contribution in [0.15, 0.2) is 48.5 Å². The SMILES string of the molecule is CN(Cc1ccc(F)cc1)C(=O)C1CC(=O)N(c2ccccc2Cl)C1. The molecule has 0 saturated carbocycles. The molecule has 0 aliphatic carbocycles. The maximum atomic E-state index is 13.0. The molecule has 3 rings (SSSR count). The number of benzene rings is 2. The van der Waals surface area contributed by atoms with Crippen LogP contribution in [0.25, 0.3) is 0 Å². The topological polar surface area (TPSA) is 40.6 Å². The second-order valence-electron chi connectivity index (χ2n) is 6.18. The molecule has 4 nitrogen and oxygen atoms in total. The highest BCUT2D eigenvalue weighted by Crippen LogP contribution is 2.31. The van der Waals surface area contributed by atoms with E-state index in [0.717, 1.165) is 5.56 Å². The second-order valence-corrected chi connectivity index (χ2v) is 6.58. The van der Waals surface area contributed by atoms with Gasteiger partial charge in [-0.3, -0.25) is 9.59 Å². The Morgan fingerprint density at radius 1 is 1.24 bits per heavy atom. The summed E-state index contributed by atoms with van der Waals surface area (Å²) in [4.78, 5) is 28.1. The number of amides is 2. The minimum absolute atomic E-state index is 0.104. The fraction of sp³-hybridized carbons (Fsp3) is 0.263. The van der Waals surface area contributed by atoms with E-state index in [9.17, 15) is 14.0 Å². The lowest BCUT2D eigenvalue weighted by atomic mass is 10.1. The van der Waals surface area contributed by atoms with Crippen LogP contribution < -0.4 is 4.90 Å². The molecule has 130 valence electrons. The van der Waals surface area contributed by atoms with E-state index in [1.54, 1.807) is 47.2 Å². The maximum absolute atomic E-state index is 13.0. The highest BCUT2D eigenvalue weighted by atomic mass is 35.5. The summed E-state index contributed by atoms with van der Waals surface area (Å²) >= 11 is 6.16. The molecular formula is C19H18ClFN2O2. The molecule has 25 heavy (non-hydrogen) atoms. The Morgan fingerprint density at radius 3 is 2.60 bits per heavy atom. The standard InChI is InChI=1S/C19H18ClFN2O2/c1-22(11-13-6-8-15(21)9-7-13)19(25)14-10-18(24)23(12-14)17-5-3-2-4-16(17)20/h2-9,14H,10-12H2,1H3. The Kier molecular flexibility index (Phi) is 5.04. The van der Waals surface area contributed by atoms with Gasteiger partial charge in [-0.15, -0.1) is 0 Å². The summed E-state index contributed by atoms with van der Waals surface area (Å²) in [6.07, 6.45) is 0.164. The average molecular weight is 361 g/mol. The molecular weight excluding hydrogens is 343 g/mol. The summed E-state index contributed by atoms with van der Waals surface area (Å²) in [5.74, 6) is -0.933. The largest absolute Gasteiger partial charge is 0.341 e. The molecule has 1 aliphatic heterocycles. The molecule has 1 aliphatic rings. The van der Waals surface area contributed by atoms with Crippen molar-refractivity contribution in [1.29, 1.82) is 0 Å². The average Bonchev–Trinajstić information content (AvgIpc) is 2.98. The van der Waals surface area contributed by atoms with E-state index in [1.807, 2.05) is 6.07 Å². The zero-order chi connectivity index (χ0) is 18.0. The van der Waals surface area contributed by atoms with Gasteiger partial charge in [0.2, 0.25) is 11.8 Å². The minimum Gasteiger partial charge on any atom is -0.341 e. The predicted octanol–water partition coefficient (Wildman–Crippen LogP) is 3.49. The van der Waals surface area contributed by atoms with Crippen molar-refractivity contribution in [2.75, 3.05) is 18.5 Å². The van der Waals surface area contributed by atoms with Crippen molar-refractivity contribution in [2.45, 2.75) is 13.0 Å². The summed E-state index contributed by atoms with van der Waals surface area (Å²) in [7, 11) is 1.69. The number of carbonyl (C=O) groups excluding carboxylic acids is 2.